The first-order valence-electron chi connectivity index (χ1n) is 7.52. The second-order valence-electron chi connectivity index (χ2n) is 5.38. The fourth-order valence-electron chi connectivity index (χ4n) is 2.29. The third-order valence-electron chi connectivity index (χ3n) is 3.54. The minimum absolute atomic E-state index is 0.108. The van der Waals surface area contributed by atoms with E-state index in [-0.39, 0.29) is 18.1 Å². The van der Waals surface area contributed by atoms with Crippen LogP contribution in [0.15, 0.2) is 60.0 Å². The molecule has 0 aliphatic carbocycles. The van der Waals surface area contributed by atoms with Crippen molar-refractivity contribution in [1.29, 1.82) is 0 Å². The molecule has 0 spiro atoms. The van der Waals surface area contributed by atoms with Gasteiger partial charge in [-0.15, -0.1) is 11.3 Å². The van der Waals surface area contributed by atoms with Crippen molar-refractivity contribution in [2.75, 3.05) is 5.32 Å². The van der Waals surface area contributed by atoms with E-state index in [9.17, 15) is 9.59 Å². The number of carbonyl (C=O) groups excluding carboxylic acids is 2. The molecule has 24 heavy (non-hydrogen) atoms. The van der Waals surface area contributed by atoms with Gasteiger partial charge < -0.3 is 5.32 Å². The van der Waals surface area contributed by atoms with Crippen molar-refractivity contribution in [3.05, 3.63) is 71.2 Å². The van der Waals surface area contributed by atoms with Gasteiger partial charge in [0.2, 0.25) is 5.91 Å². The SMILES string of the molecule is CC(=O)c1csc(NC(=O)Cc2ccc(-c3ccccc3)cc2)n1. The summed E-state index contributed by atoms with van der Waals surface area (Å²) < 4.78 is 0. The third-order valence-corrected chi connectivity index (χ3v) is 4.29. The zero-order chi connectivity index (χ0) is 16.9. The van der Waals surface area contributed by atoms with E-state index in [1.165, 1.54) is 18.3 Å². The molecule has 0 atom stereocenters. The Labute approximate surface area is 144 Å². The summed E-state index contributed by atoms with van der Waals surface area (Å²) in [6, 6.07) is 18.0. The van der Waals surface area contributed by atoms with Gasteiger partial charge in [0.25, 0.3) is 0 Å². The van der Waals surface area contributed by atoms with E-state index in [0.29, 0.717) is 10.8 Å². The minimum Gasteiger partial charge on any atom is -0.302 e. The van der Waals surface area contributed by atoms with Crippen LogP contribution in [0, 0.1) is 0 Å². The van der Waals surface area contributed by atoms with E-state index in [4.69, 9.17) is 0 Å². The molecule has 1 heterocycles. The smallest absolute Gasteiger partial charge is 0.230 e. The maximum atomic E-state index is 12.1. The van der Waals surface area contributed by atoms with Gasteiger partial charge in [0.05, 0.1) is 6.42 Å². The van der Waals surface area contributed by atoms with Gasteiger partial charge in [-0.3, -0.25) is 9.59 Å². The number of rotatable bonds is 5. The molecule has 4 nitrogen and oxygen atoms in total. The number of aromatic nitrogens is 1. The number of anilines is 1. The van der Waals surface area contributed by atoms with Gasteiger partial charge in [0.15, 0.2) is 10.9 Å². The van der Waals surface area contributed by atoms with Crippen LogP contribution in [0.1, 0.15) is 23.0 Å². The predicted molar refractivity (Wildman–Crippen MR) is 96.3 cm³/mol. The Balaban J connectivity index is 1.63. The number of hydrogen-bond donors (Lipinski definition) is 1. The standard InChI is InChI=1S/C19H16N2O2S/c1-13(22)17-12-24-19(20-17)21-18(23)11-14-7-9-16(10-8-14)15-5-3-2-4-6-15/h2-10,12H,11H2,1H3,(H,20,21,23). The van der Waals surface area contributed by atoms with E-state index in [1.54, 1.807) is 5.38 Å². The molecule has 0 aliphatic heterocycles. The first-order valence-corrected chi connectivity index (χ1v) is 8.40. The molecule has 0 fully saturated rings. The Morgan fingerprint density at radius 3 is 2.29 bits per heavy atom. The van der Waals surface area contributed by atoms with E-state index in [0.717, 1.165) is 16.7 Å². The topological polar surface area (TPSA) is 59.1 Å². The van der Waals surface area contributed by atoms with Gasteiger partial charge in [-0.1, -0.05) is 54.6 Å². The Morgan fingerprint density at radius 2 is 1.67 bits per heavy atom. The maximum Gasteiger partial charge on any atom is 0.230 e. The number of hydrogen-bond acceptors (Lipinski definition) is 4. The fourth-order valence-corrected chi connectivity index (χ4v) is 3.05. The average Bonchev–Trinajstić information content (AvgIpc) is 3.05. The molecule has 0 saturated heterocycles. The Kier molecular flexibility index (Phi) is 4.82. The fraction of sp³-hybridized carbons (Fsp3) is 0.105. The van der Waals surface area contributed by atoms with Crippen molar-refractivity contribution in [2.45, 2.75) is 13.3 Å². The normalized spacial score (nSPS) is 10.4. The van der Waals surface area contributed by atoms with Crippen molar-refractivity contribution >= 4 is 28.2 Å². The largest absolute Gasteiger partial charge is 0.302 e. The van der Waals surface area contributed by atoms with Gasteiger partial charge in [-0.05, 0) is 16.7 Å². The average molecular weight is 336 g/mol. The highest BCUT2D eigenvalue weighted by Gasteiger charge is 2.10. The summed E-state index contributed by atoms with van der Waals surface area (Å²) in [5.41, 5.74) is 3.57. The van der Waals surface area contributed by atoms with Crippen LogP contribution in [-0.4, -0.2) is 16.7 Å². The van der Waals surface area contributed by atoms with Crippen LogP contribution < -0.4 is 5.32 Å². The zero-order valence-corrected chi connectivity index (χ0v) is 14.0. The van der Waals surface area contributed by atoms with Gasteiger partial charge in [-0.2, -0.15) is 0 Å². The van der Waals surface area contributed by atoms with Gasteiger partial charge in [0, 0.05) is 12.3 Å². The number of ketones is 1. The van der Waals surface area contributed by atoms with E-state index < -0.39 is 0 Å². The molecule has 0 unspecified atom stereocenters. The van der Waals surface area contributed by atoms with Crippen LogP contribution in [0.2, 0.25) is 0 Å². The van der Waals surface area contributed by atoms with Crippen molar-refractivity contribution in [1.82, 2.24) is 4.98 Å². The number of nitrogens with one attached hydrogen (secondary N) is 1. The first-order chi connectivity index (χ1) is 11.6. The number of Topliss-reactive ketones (excluding diaryl/α,β-unsaturated/α-hetero) is 1. The molecule has 0 radical (unpaired) electrons. The molecule has 0 aliphatic rings. The van der Waals surface area contributed by atoms with Crippen LogP contribution in [0.3, 0.4) is 0 Å². The second-order valence-corrected chi connectivity index (χ2v) is 6.24. The summed E-state index contributed by atoms with van der Waals surface area (Å²) >= 11 is 1.25. The van der Waals surface area contributed by atoms with Gasteiger partial charge in [-0.25, -0.2) is 4.98 Å². The van der Waals surface area contributed by atoms with Crippen LogP contribution in [0.4, 0.5) is 5.13 Å². The van der Waals surface area contributed by atoms with Crippen molar-refractivity contribution in [2.24, 2.45) is 0 Å². The maximum absolute atomic E-state index is 12.1. The molecule has 0 saturated carbocycles. The van der Waals surface area contributed by atoms with Gasteiger partial charge >= 0.3 is 0 Å². The van der Waals surface area contributed by atoms with Gasteiger partial charge in [0.1, 0.15) is 5.69 Å². The molecular formula is C19H16N2O2S. The molecule has 1 amide bonds. The number of amides is 1. The molecular weight excluding hydrogens is 320 g/mol. The Morgan fingerprint density at radius 1 is 1.00 bits per heavy atom. The number of benzene rings is 2. The number of nitrogens with zero attached hydrogens (tertiary/aromatic N) is 1. The summed E-state index contributed by atoms with van der Waals surface area (Å²) in [6.07, 6.45) is 0.268. The van der Waals surface area contributed by atoms with E-state index in [1.807, 2.05) is 42.5 Å². The van der Waals surface area contributed by atoms with Crippen LogP contribution >= 0.6 is 11.3 Å². The van der Waals surface area contributed by atoms with Crippen LogP contribution in [-0.2, 0) is 11.2 Å². The summed E-state index contributed by atoms with van der Waals surface area (Å²) in [5, 5.41) is 4.82. The number of carbonyl (C=O) groups is 2. The highest BCUT2D eigenvalue weighted by atomic mass is 32.1. The van der Waals surface area contributed by atoms with Crippen molar-refractivity contribution < 1.29 is 9.59 Å². The number of thiazole rings is 1. The monoisotopic (exact) mass is 336 g/mol. The molecule has 120 valence electrons. The molecule has 1 N–H and O–H groups in total. The molecule has 0 bridgehead atoms. The highest BCUT2D eigenvalue weighted by Crippen LogP contribution is 2.20. The van der Waals surface area contributed by atoms with Crippen LogP contribution in [0.25, 0.3) is 11.1 Å². The lowest BCUT2D eigenvalue weighted by Gasteiger charge is -2.05. The summed E-state index contributed by atoms with van der Waals surface area (Å²) in [7, 11) is 0. The Bertz CT molecular complexity index is 855. The van der Waals surface area contributed by atoms with Crippen molar-refractivity contribution in [3.63, 3.8) is 0 Å². The second kappa shape index (κ2) is 7.19. The predicted octanol–water partition coefficient (Wildman–Crippen LogP) is 4.19. The minimum atomic E-state index is -0.146. The quantitative estimate of drug-likeness (QED) is 0.711. The lowest BCUT2D eigenvalue weighted by molar-refractivity contribution is -0.115. The molecule has 2 aromatic carbocycles. The highest BCUT2D eigenvalue weighted by molar-refractivity contribution is 7.14. The molecule has 5 heteroatoms. The van der Waals surface area contributed by atoms with E-state index >= 15 is 0 Å². The molecule has 3 rings (SSSR count). The lowest BCUT2D eigenvalue weighted by atomic mass is 10.0. The summed E-state index contributed by atoms with van der Waals surface area (Å²) in [4.78, 5) is 27.4. The van der Waals surface area contributed by atoms with Crippen LogP contribution in [0.5, 0.6) is 0 Å². The first kappa shape index (κ1) is 16.1. The Hall–Kier alpha value is -2.79. The third kappa shape index (κ3) is 3.94. The summed E-state index contributed by atoms with van der Waals surface area (Å²) in [6.45, 7) is 1.45. The zero-order valence-electron chi connectivity index (χ0n) is 13.2. The molecule has 3 aromatic rings. The summed E-state index contributed by atoms with van der Waals surface area (Å²) in [5.74, 6) is -0.254. The van der Waals surface area contributed by atoms with E-state index in [2.05, 4.69) is 22.4 Å². The van der Waals surface area contributed by atoms with Crippen molar-refractivity contribution in [3.8, 4) is 11.1 Å². The lowest BCUT2D eigenvalue weighted by Crippen LogP contribution is -2.14. The molecule has 1 aromatic heterocycles.